The van der Waals surface area contributed by atoms with Crippen LogP contribution in [0.4, 0.5) is 5.69 Å². The zero-order valence-corrected chi connectivity index (χ0v) is 16.2. The van der Waals surface area contributed by atoms with E-state index in [4.69, 9.17) is 9.47 Å². The summed E-state index contributed by atoms with van der Waals surface area (Å²) in [5.74, 6) is 0.766. The van der Waals surface area contributed by atoms with Gasteiger partial charge in [0.15, 0.2) is 0 Å². The summed E-state index contributed by atoms with van der Waals surface area (Å²) in [7, 11) is 1.64. The summed E-state index contributed by atoms with van der Waals surface area (Å²) in [6.45, 7) is 1.43. The van der Waals surface area contributed by atoms with E-state index in [9.17, 15) is 4.79 Å². The van der Waals surface area contributed by atoms with Gasteiger partial charge in [0.25, 0.3) is 5.91 Å². The van der Waals surface area contributed by atoms with Crippen molar-refractivity contribution in [2.45, 2.75) is 12.8 Å². The summed E-state index contributed by atoms with van der Waals surface area (Å²) in [6.07, 6.45) is 3.27. The summed E-state index contributed by atoms with van der Waals surface area (Å²) in [5, 5.41) is 3.48. The highest BCUT2D eigenvalue weighted by molar-refractivity contribution is 6.01. The molecule has 1 aliphatic heterocycles. The van der Waals surface area contributed by atoms with Crippen molar-refractivity contribution in [2.24, 2.45) is 0 Å². The lowest BCUT2D eigenvalue weighted by molar-refractivity contribution is 0.0609. The van der Waals surface area contributed by atoms with Crippen LogP contribution < -0.4 is 10.1 Å². The minimum atomic E-state index is -0.264. The number of aromatic nitrogens is 1. The summed E-state index contributed by atoms with van der Waals surface area (Å²) in [4.78, 5) is 18.9. The first kappa shape index (κ1) is 19.0. The summed E-state index contributed by atoms with van der Waals surface area (Å²) >= 11 is 0. The number of pyridine rings is 1. The van der Waals surface area contributed by atoms with E-state index in [0.717, 1.165) is 22.6 Å². The third-order valence-electron chi connectivity index (χ3n) is 4.88. The van der Waals surface area contributed by atoms with Crippen molar-refractivity contribution in [3.63, 3.8) is 0 Å². The maximum absolute atomic E-state index is 13.0. The standard InChI is InChI=1S/C23H23N3O3/c1-28-14-13-26-22(25-21-7-3-2-6-20(21)23(26)27)18-8-10-19(11-9-18)29-16-17-5-4-12-24-15-17/h2-12,15,22,25H,13-14,16H2,1H3. The van der Waals surface area contributed by atoms with Crippen LogP contribution in [-0.4, -0.2) is 36.1 Å². The number of nitrogens with zero attached hydrogens (tertiary/aromatic N) is 2. The molecule has 2 heterocycles. The second-order valence-corrected chi connectivity index (χ2v) is 6.80. The van der Waals surface area contributed by atoms with Gasteiger partial charge >= 0.3 is 0 Å². The molecule has 1 aliphatic rings. The molecule has 1 unspecified atom stereocenters. The summed E-state index contributed by atoms with van der Waals surface area (Å²) in [6, 6.07) is 19.3. The topological polar surface area (TPSA) is 63.7 Å². The van der Waals surface area contributed by atoms with Crippen molar-refractivity contribution >= 4 is 11.6 Å². The highest BCUT2D eigenvalue weighted by atomic mass is 16.5. The molecule has 148 valence electrons. The van der Waals surface area contributed by atoms with Gasteiger partial charge in [-0.25, -0.2) is 0 Å². The van der Waals surface area contributed by atoms with E-state index in [2.05, 4.69) is 10.3 Å². The highest BCUT2D eigenvalue weighted by Gasteiger charge is 2.32. The number of methoxy groups -OCH3 is 1. The Hall–Kier alpha value is -3.38. The van der Waals surface area contributed by atoms with Crippen LogP contribution in [0.1, 0.15) is 27.7 Å². The van der Waals surface area contributed by atoms with E-state index < -0.39 is 0 Å². The van der Waals surface area contributed by atoms with E-state index >= 15 is 0 Å². The number of benzene rings is 2. The Kier molecular flexibility index (Phi) is 5.72. The smallest absolute Gasteiger partial charge is 0.257 e. The fraction of sp³-hybridized carbons (Fsp3) is 0.217. The number of carbonyl (C=O) groups excluding carboxylic acids is 1. The van der Waals surface area contributed by atoms with Crippen LogP contribution in [0.3, 0.4) is 0 Å². The predicted molar refractivity (Wildman–Crippen MR) is 111 cm³/mol. The molecule has 0 fully saturated rings. The molecule has 6 nitrogen and oxygen atoms in total. The number of rotatable bonds is 7. The number of para-hydroxylation sites is 1. The molecule has 0 radical (unpaired) electrons. The largest absolute Gasteiger partial charge is 0.489 e. The van der Waals surface area contributed by atoms with Gasteiger partial charge in [-0.05, 0) is 35.9 Å². The Labute approximate surface area is 170 Å². The number of fused-ring (bicyclic) bond motifs is 1. The van der Waals surface area contributed by atoms with E-state index in [1.807, 2.05) is 60.7 Å². The Morgan fingerprint density at radius 2 is 1.90 bits per heavy atom. The van der Waals surface area contributed by atoms with E-state index in [-0.39, 0.29) is 12.1 Å². The lowest BCUT2D eigenvalue weighted by Gasteiger charge is -2.38. The highest BCUT2D eigenvalue weighted by Crippen LogP contribution is 2.33. The first-order valence-electron chi connectivity index (χ1n) is 9.53. The molecule has 0 saturated heterocycles. The monoisotopic (exact) mass is 389 g/mol. The Balaban J connectivity index is 1.53. The molecule has 6 heteroatoms. The second-order valence-electron chi connectivity index (χ2n) is 6.80. The van der Waals surface area contributed by atoms with Gasteiger partial charge in [0.05, 0.1) is 12.2 Å². The van der Waals surface area contributed by atoms with Crippen molar-refractivity contribution in [3.8, 4) is 5.75 Å². The van der Waals surface area contributed by atoms with Gasteiger partial charge in [0.2, 0.25) is 0 Å². The fourth-order valence-corrected chi connectivity index (χ4v) is 3.37. The third-order valence-corrected chi connectivity index (χ3v) is 4.88. The SMILES string of the molecule is COCCN1C(=O)c2ccccc2NC1c1ccc(OCc2cccnc2)cc1. The minimum absolute atomic E-state index is 0.00157. The Morgan fingerprint density at radius 3 is 2.66 bits per heavy atom. The number of hydrogen-bond acceptors (Lipinski definition) is 5. The molecule has 0 aliphatic carbocycles. The van der Waals surface area contributed by atoms with Gasteiger partial charge in [0.1, 0.15) is 18.5 Å². The van der Waals surface area contributed by atoms with Gasteiger partial charge in [-0.1, -0.05) is 30.3 Å². The van der Waals surface area contributed by atoms with Gasteiger partial charge < -0.3 is 19.7 Å². The molecular formula is C23H23N3O3. The molecule has 1 aromatic heterocycles. The average molecular weight is 389 g/mol. The number of hydrogen-bond donors (Lipinski definition) is 1. The molecule has 0 spiro atoms. The molecule has 4 rings (SSSR count). The molecular weight excluding hydrogens is 366 g/mol. The first-order chi connectivity index (χ1) is 14.3. The van der Waals surface area contributed by atoms with Gasteiger partial charge in [-0.2, -0.15) is 0 Å². The molecule has 1 amide bonds. The molecule has 2 aromatic carbocycles. The summed E-state index contributed by atoms with van der Waals surface area (Å²) < 4.78 is 11.1. The van der Waals surface area contributed by atoms with E-state index in [0.29, 0.717) is 25.3 Å². The normalized spacial score (nSPS) is 15.6. The van der Waals surface area contributed by atoms with E-state index in [1.165, 1.54) is 0 Å². The van der Waals surface area contributed by atoms with Crippen molar-refractivity contribution in [1.82, 2.24) is 9.88 Å². The van der Waals surface area contributed by atoms with Crippen LogP contribution in [-0.2, 0) is 11.3 Å². The second kappa shape index (κ2) is 8.75. The average Bonchev–Trinajstić information content (AvgIpc) is 2.78. The van der Waals surface area contributed by atoms with E-state index in [1.54, 1.807) is 24.4 Å². The molecule has 1 atom stereocenters. The van der Waals surface area contributed by atoms with Crippen LogP contribution in [0.5, 0.6) is 5.75 Å². The molecule has 3 aromatic rings. The number of amides is 1. The summed E-state index contributed by atoms with van der Waals surface area (Å²) in [5.41, 5.74) is 3.51. The molecule has 1 N–H and O–H groups in total. The van der Waals surface area contributed by atoms with Gasteiger partial charge in [0, 0.05) is 37.3 Å². The van der Waals surface area contributed by atoms with Crippen molar-refractivity contribution in [1.29, 1.82) is 0 Å². The predicted octanol–water partition coefficient (Wildman–Crippen LogP) is 3.87. The molecule has 0 bridgehead atoms. The molecule has 29 heavy (non-hydrogen) atoms. The number of ether oxygens (including phenoxy) is 2. The van der Waals surface area contributed by atoms with Crippen LogP contribution in [0.15, 0.2) is 73.1 Å². The Morgan fingerprint density at radius 1 is 1.07 bits per heavy atom. The fourth-order valence-electron chi connectivity index (χ4n) is 3.37. The van der Waals surface area contributed by atoms with Crippen molar-refractivity contribution in [2.75, 3.05) is 25.6 Å². The lowest BCUT2D eigenvalue weighted by atomic mass is 10.0. The van der Waals surface area contributed by atoms with Crippen LogP contribution in [0.25, 0.3) is 0 Å². The lowest BCUT2D eigenvalue weighted by Crippen LogP contribution is -2.44. The van der Waals surface area contributed by atoms with Crippen molar-refractivity contribution in [3.05, 3.63) is 89.7 Å². The van der Waals surface area contributed by atoms with Gasteiger partial charge in [-0.3, -0.25) is 9.78 Å². The quantitative estimate of drug-likeness (QED) is 0.665. The van der Waals surface area contributed by atoms with Crippen LogP contribution >= 0.6 is 0 Å². The zero-order valence-electron chi connectivity index (χ0n) is 16.2. The maximum atomic E-state index is 13.0. The number of carbonyl (C=O) groups is 1. The van der Waals surface area contributed by atoms with Crippen molar-refractivity contribution < 1.29 is 14.3 Å². The van der Waals surface area contributed by atoms with Gasteiger partial charge in [-0.15, -0.1) is 0 Å². The minimum Gasteiger partial charge on any atom is -0.489 e. The van der Waals surface area contributed by atoms with Crippen LogP contribution in [0.2, 0.25) is 0 Å². The third kappa shape index (κ3) is 4.22. The van der Waals surface area contributed by atoms with Crippen LogP contribution in [0, 0.1) is 0 Å². The zero-order chi connectivity index (χ0) is 20.1. The first-order valence-corrected chi connectivity index (χ1v) is 9.53. The Bertz CT molecular complexity index is 961. The number of anilines is 1. The molecule has 0 saturated carbocycles. The number of nitrogens with one attached hydrogen (secondary N) is 1. The maximum Gasteiger partial charge on any atom is 0.257 e.